The van der Waals surface area contributed by atoms with E-state index in [1.165, 1.54) is 25.7 Å². The molecule has 6 heteroatoms. The van der Waals surface area contributed by atoms with Gasteiger partial charge in [0.25, 0.3) is 5.91 Å². The van der Waals surface area contributed by atoms with Crippen molar-refractivity contribution >= 4 is 23.2 Å². The first kappa shape index (κ1) is 18.2. The van der Waals surface area contributed by atoms with Crippen LogP contribution in [0.1, 0.15) is 43.7 Å². The van der Waals surface area contributed by atoms with Gasteiger partial charge in [-0.1, -0.05) is 18.2 Å². The summed E-state index contributed by atoms with van der Waals surface area (Å²) in [5, 5.41) is 0. The molecule has 3 fully saturated rings. The van der Waals surface area contributed by atoms with Crippen LogP contribution in [0, 0.1) is 18.8 Å². The molecule has 1 saturated carbocycles. The number of carbonyl (C=O) groups excluding carboxylic acids is 2. The molecule has 2 N–H and O–H groups in total. The molecule has 2 saturated heterocycles. The van der Waals surface area contributed by atoms with E-state index >= 15 is 0 Å². The van der Waals surface area contributed by atoms with E-state index in [9.17, 15) is 9.59 Å². The number of hydrogen-bond donors (Lipinski definition) is 1. The molecule has 0 unspecified atom stereocenters. The Morgan fingerprint density at radius 1 is 1.15 bits per heavy atom. The van der Waals surface area contributed by atoms with Crippen molar-refractivity contribution in [3.63, 3.8) is 0 Å². The molecule has 2 bridgehead atoms. The van der Waals surface area contributed by atoms with Crippen molar-refractivity contribution in [1.82, 2.24) is 4.90 Å². The lowest BCUT2D eigenvalue weighted by Crippen LogP contribution is -2.49. The Kier molecular flexibility index (Phi) is 4.76. The van der Waals surface area contributed by atoms with Crippen LogP contribution in [0.2, 0.25) is 0 Å². The summed E-state index contributed by atoms with van der Waals surface area (Å²) in [5.41, 5.74) is 9.35. The van der Waals surface area contributed by atoms with Crippen molar-refractivity contribution in [3.05, 3.63) is 29.3 Å². The Morgan fingerprint density at radius 3 is 2.41 bits per heavy atom. The second-order valence-electron chi connectivity index (χ2n) is 8.24. The van der Waals surface area contributed by atoms with Gasteiger partial charge in [0.2, 0.25) is 5.91 Å². The minimum Gasteiger partial charge on any atom is -0.341 e. The molecular weight excluding hydrogens is 340 g/mol. The molecule has 0 radical (unpaired) electrons. The number of fused-ring (bicyclic) bond motifs is 5. The SMILES string of the molecule is CC1=N[C@H](N)C(=O)N(CC(=O)N2CC3CCC(CC3)C2)c2c(C)cccc21. The van der Waals surface area contributed by atoms with E-state index in [4.69, 9.17) is 5.73 Å². The van der Waals surface area contributed by atoms with Crippen molar-refractivity contribution in [1.29, 1.82) is 0 Å². The van der Waals surface area contributed by atoms with E-state index in [-0.39, 0.29) is 18.4 Å². The zero-order valence-electron chi connectivity index (χ0n) is 16.1. The van der Waals surface area contributed by atoms with Crippen LogP contribution in [0.4, 0.5) is 5.69 Å². The van der Waals surface area contributed by atoms with E-state index < -0.39 is 6.17 Å². The number of anilines is 1. The van der Waals surface area contributed by atoms with Gasteiger partial charge in [-0.25, -0.2) is 0 Å². The van der Waals surface area contributed by atoms with Gasteiger partial charge >= 0.3 is 0 Å². The molecule has 5 rings (SSSR count). The van der Waals surface area contributed by atoms with E-state index in [1.54, 1.807) is 4.90 Å². The molecule has 0 spiro atoms. The molecule has 6 nitrogen and oxygen atoms in total. The highest BCUT2D eigenvalue weighted by Gasteiger charge is 2.35. The fourth-order valence-electron chi connectivity index (χ4n) is 4.80. The van der Waals surface area contributed by atoms with Crippen LogP contribution in [-0.2, 0) is 9.59 Å². The predicted octanol–water partition coefficient (Wildman–Crippen LogP) is 2.08. The molecular formula is C21H28N4O2. The Labute approximate surface area is 160 Å². The molecule has 1 aromatic carbocycles. The average molecular weight is 368 g/mol. The van der Waals surface area contributed by atoms with Crippen molar-refractivity contribution in [3.8, 4) is 0 Å². The second kappa shape index (κ2) is 7.08. The van der Waals surface area contributed by atoms with E-state index in [0.29, 0.717) is 11.8 Å². The van der Waals surface area contributed by atoms with Gasteiger partial charge in [-0.3, -0.25) is 19.5 Å². The van der Waals surface area contributed by atoms with Gasteiger partial charge in [0.05, 0.1) is 5.69 Å². The lowest BCUT2D eigenvalue weighted by molar-refractivity contribution is -0.132. The van der Waals surface area contributed by atoms with E-state index in [0.717, 1.165) is 35.6 Å². The summed E-state index contributed by atoms with van der Waals surface area (Å²) in [6.45, 7) is 5.49. The maximum atomic E-state index is 13.2. The maximum absolute atomic E-state index is 13.2. The molecule has 0 aromatic heterocycles. The topological polar surface area (TPSA) is 79.0 Å². The number of aliphatic imine (C=N–C) groups is 1. The molecule has 3 heterocycles. The molecule has 144 valence electrons. The van der Waals surface area contributed by atoms with Gasteiger partial charge < -0.3 is 10.6 Å². The average Bonchev–Trinajstić information content (AvgIpc) is 3.02. The van der Waals surface area contributed by atoms with E-state index in [1.807, 2.05) is 36.9 Å². The minimum absolute atomic E-state index is 0.0168. The summed E-state index contributed by atoms with van der Waals surface area (Å²) in [6, 6.07) is 5.84. The normalized spacial score (nSPS) is 27.7. The monoisotopic (exact) mass is 368 g/mol. The number of benzodiazepines with no additional fused rings is 1. The Morgan fingerprint density at radius 2 is 1.78 bits per heavy atom. The maximum Gasteiger partial charge on any atom is 0.266 e. The van der Waals surface area contributed by atoms with Crippen LogP contribution in [0.5, 0.6) is 0 Å². The first-order chi connectivity index (χ1) is 12.9. The number of hydrogen-bond acceptors (Lipinski definition) is 4. The highest BCUT2D eigenvalue weighted by atomic mass is 16.2. The molecule has 3 aliphatic heterocycles. The van der Waals surface area contributed by atoms with Gasteiger partial charge in [0.1, 0.15) is 6.54 Å². The van der Waals surface area contributed by atoms with Crippen LogP contribution in [0.25, 0.3) is 0 Å². The highest BCUT2D eigenvalue weighted by molar-refractivity contribution is 6.13. The van der Waals surface area contributed by atoms with Crippen LogP contribution in [0.3, 0.4) is 0 Å². The third-order valence-electron chi connectivity index (χ3n) is 6.32. The number of carbonyl (C=O) groups is 2. The Hall–Kier alpha value is -2.21. The van der Waals surface area contributed by atoms with E-state index in [2.05, 4.69) is 4.99 Å². The van der Waals surface area contributed by atoms with Crippen molar-refractivity contribution < 1.29 is 9.59 Å². The number of nitrogens with two attached hydrogens (primary N) is 1. The summed E-state index contributed by atoms with van der Waals surface area (Å²) in [4.78, 5) is 34.0. The zero-order chi connectivity index (χ0) is 19.1. The van der Waals surface area contributed by atoms with Gasteiger partial charge in [0.15, 0.2) is 6.17 Å². The molecule has 1 aromatic rings. The summed E-state index contributed by atoms with van der Waals surface area (Å²) in [6.07, 6.45) is 3.91. The fraction of sp³-hybridized carbons (Fsp3) is 0.571. The second-order valence-corrected chi connectivity index (χ2v) is 8.24. The van der Waals surface area contributed by atoms with Gasteiger partial charge in [-0.2, -0.15) is 0 Å². The number of nitrogens with zero attached hydrogens (tertiary/aromatic N) is 3. The number of amides is 2. The van der Waals surface area contributed by atoms with Gasteiger partial charge in [-0.15, -0.1) is 0 Å². The first-order valence-corrected chi connectivity index (χ1v) is 9.93. The third kappa shape index (κ3) is 3.38. The summed E-state index contributed by atoms with van der Waals surface area (Å²) < 4.78 is 0. The lowest BCUT2D eigenvalue weighted by Gasteiger charge is -2.29. The third-order valence-corrected chi connectivity index (χ3v) is 6.32. The predicted molar refractivity (Wildman–Crippen MR) is 106 cm³/mol. The summed E-state index contributed by atoms with van der Waals surface area (Å²) in [7, 11) is 0. The van der Waals surface area contributed by atoms with Gasteiger partial charge in [-0.05, 0) is 56.9 Å². The van der Waals surface area contributed by atoms with Crippen LogP contribution in [0.15, 0.2) is 23.2 Å². The highest BCUT2D eigenvalue weighted by Crippen LogP contribution is 2.34. The van der Waals surface area contributed by atoms with Crippen LogP contribution >= 0.6 is 0 Å². The standard InChI is InChI=1S/C21H28N4O2/c1-13-4-3-5-17-14(2)23-20(22)21(27)25(19(13)17)12-18(26)24-10-15-6-7-16(11-24)9-8-15/h3-5,15-16,20H,6-12,22H2,1-2H3/t15?,16?,20-/m0/s1. The van der Waals surface area contributed by atoms with Crippen molar-refractivity contribution in [2.24, 2.45) is 22.6 Å². The van der Waals surface area contributed by atoms with Crippen LogP contribution in [-0.4, -0.2) is 48.2 Å². The molecule has 2 amide bonds. The molecule has 27 heavy (non-hydrogen) atoms. The largest absolute Gasteiger partial charge is 0.341 e. The quantitative estimate of drug-likeness (QED) is 0.868. The first-order valence-electron chi connectivity index (χ1n) is 9.93. The Bertz CT molecular complexity index is 781. The fourth-order valence-corrected chi connectivity index (χ4v) is 4.80. The smallest absolute Gasteiger partial charge is 0.266 e. The molecule has 4 aliphatic rings. The molecule has 1 atom stereocenters. The molecule has 1 aliphatic carbocycles. The van der Waals surface area contributed by atoms with Crippen molar-refractivity contribution in [2.75, 3.05) is 24.5 Å². The number of rotatable bonds is 2. The minimum atomic E-state index is -0.968. The number of benzene rings is 1. The Balaban J connectivity index is 1.63. The number of aryl methyl sites for hydroxylation is 1. The summed E-state index contributed by atoms with van der Waals surface area (Å²) >= 11 is 0. The lowest BCUT2D eigenvalue weighted by atomic mass is 9.84. The summed E-state index contributed by atoms with van der Waals surface area (Å²) in [5.74, 6) is 0.917. The van der Waals surface area contributed by atoms with Crippen LogP contribution < -0.4 is 10.6 Å². The number of para-hydroxylation sites is 1. The zero-order valence-corrected chi connectivity index (χ0v) is 16.1. The van der Waals surface area contributed by atoms with Gasteiger partial charge in [0, 0.05) is 24.4 Å². The van der Waals surface area contributed by atoms with Crippen molar-refractivity contribution in [2.45, 2.75) is 45.7 Å².